The van der Waals surface area contributed by atoms with Gasteiger partial charge in [-0.3, -0.25) is 10.3 Å². The zero-order chi connectivity index (χ0) is 14.4. The Morgan fingerprint density at radius 2 is 2.55 bits per heavy atom. The lowest BCUT2D eigenvalue weighted by Gasteiger charge is -2.04. The van der Waals surface area contributed by atoms with Crippen LogP contribution >= 0.6 is 46.9 Å². The third-order valence-electron chi connectivity index (χ3n) is 2.62. The summed E-state index contributed by atoms with van der Waals surface area (Å²) >= 11 is 11.1. The molecule has 20 heavy (non-hydrogen) atoms. The summed E-state index contributed by atoms with van der Waals surface area (Å²) < 4.78 is 2.20. The van der Waals surface area contributed by atoms with Gasteiger partial charge in [-0.2, -0.15) is 17.0 Å². The Balaban J connectivity index is 1.78. The van der Waals surface area contributed by atoms with Crippen LogP contribution in [0.5, 0.6) is 0 Å². The van der Waals surface area contributed by atoms with E-state index in [0.29, 0.717) is 16.9 Å². The highest BCUT2D eigenvalue weighted by Gasteiger charge is 2.20. The molecule has 1 aromatic rings. The number of amidine groups is 1. The number of hydrogen-bond donors (Lipinski definition) is 1. The standard InChI is InChI=1S/C11H14ClN5S3/c1-18-10(15-7-13)14-2-4-19-6-8-9(12)16-11-17(8)3-5-20-11/h2-6H2,1H3,(H,14,15). The maximum absolute atomic E-state index is 8.53. The molecule has 1 aliphatic rings. The number of thioether (sulfide) groups is 3. The second-order valence-electron chi connectivity index (χ2n) is 3.81. The van der Waals surface area contributed by atoms with E-state index in [9.17, 15) is 0 Å². The first-order valence-corrected chi connectivity index (χ1v) is 9.69. The van der Waals surface area contributed by atoms with Crippen LogP contribution in [0.25, 0.3) is 0 Å². The Labute approximate surface area is 135 Å². The number of aliphatic imine (C=N–C) groups is 1. The Hall–Kier alpha value is -0.490. The summed E-state index contributed by atoms with van der Waals surface area (Å²) in [5.41, 5.74) is 1.11. The quantitative estimate of drug-likeness (QED) is 0.290. The molecule has 0 amide bonds. The zero-order valence-electron chi connectivity index (χ0n) is 10.9. The molecule has 0 spiro atoms. The molecule has 2 rings (SSSR count). The fourth-order valence-corrected chi connectivity index (χ4v) is 4.29. The zero-order valence-corrected chi connectivity index (χ0v) is 14.1. The maximum atomic E-state index is 8.53. The van der Waals surface area contributed by atoms with Gasteiger partial charge in [0.25, 0.3) is 0 Å². The van der Waals surface area contributed by atoms with E-state index in [1.807, 2.05) is 12.4 Å². The Kier molecular flexibility index (Phi) is 6.42. The fraction of sp³-hybridized carbons (Fsp3) is 0.545. The van der Waals surface area contributed by atoms with Crippen molar-refractivity contribution in [3.05, 3.63) is 10.8 Å². The molecule has 0 unspecified atom stereocenters. The summed E-state index contributed by atoms with van der Waals surface area (Å²) in [5, 5.41) is 13.4. The molecule has 2 heterocycles. The van der Waals surface area contributed by atoms with Crippen LogP contribution in [-0.4, -0.2) is 39.0 Å². The molecule has 0 fully saturated rings. The van der Waals surface area contributed by atoms with Crippen molar-refractivity contribution in [2.45, 2.75) is 17.5 Å². The lowest BCUT2D eigenvalue weighted by Crippen LogP contribution is -2.13. The molecular weight excluding hydrogens is 334 g/mol. The highest BCUT2D eigenvalue weighted by Crippen LogP contribution is 2.32. The van der Waals surface area contributed by atoms with Gasteiger partial charge in [0.05, 0.1) is 12.2 Å². The third kappa shape index (κ3) is 4.01. The van der Waals surface area contributed by atoms with Gasteiger partial charge >= 0.3 is 0 Å². The predicted octanol–water partition coefficient (Wildman–Crippen LogP) is 2.67. The normalized spacial score (nSPS) is 14.2. The molecule has 0 bridgehead atoms. The molecule has 0 atom stereocenters. The van der Waals surface area contributed by atoms with E-state index in [4.69, 9.17) is 16.9 Å². The van der Waals surface area contributed by atoms with Crippen LogP contribution in [0.2, 0.25) is 5.15 Å². The number of nitrogens with one attached hydrogen (secondary N) is 1. The largest absolute Gasteiger partial charge is 0.320 e. The minimum atomic E-state index is 0.624. The van der Waals surface area contributed by atoms with Crippen molar-refractivity contribution >= 4 is 52.1 Å². The number of hydrogen-bond acceptors (Lipinski definition) is 6. The molecule has 108 valence electrons. The summed E-state index contributed by atoms with van der Waals surface area (Å²) in [4.78, 5) is 8.67. The van der Waals surface area contributed by atoms with E-state index in [1.54, 1.807) is 23.5 Å². The van der Waals surface area contributed by atoms with Crippen LogP contribution in [0, 0.1) is 11.5 Å². The van der Waals surface area contributed by atoms with Gasteiger partial charge < -0.3 is 4.57 Å². The molecule has 9 heteroatoms. The topological polar surface area (TPSA) is 66.0 Å². The number of aromatic nitrogens is 2. The number of halogens is 1. The van der Waals surface area contributed by atoms with Crippen LogP contribution in [0.3, 0.4) is 0 Å². The van der Waals surface area contributed by atoms with Crippen molar-refractivity contribution < 1.29 is 0 Å². The van der Waals surface area contributed by atoms with Gasteiger partial charge in [-0.05, 0) is 6.26 Å². The van der Waals surface area contributed by atoms with Gasteiger partial charge in [-0.25, -0.2) is 4.98 Å². The number of rotatable bonds is 5. The SMILES string of the molecule is CSC(=NCCSCc1c(Cl)nc2n1CCS2)NC#N. The summed E-state index contributed by atoms with van der Waals surface area (Å²) in [6, 6.07) is 0. The van der Waals surface area contributed by atoms with E-state index < -0.39 is 0 Å². The molecule has 0 aliphatic carbocycles. The average Bonchev–Trinajstić information content (AvgIpc) is 2.99. The summed E-state index contributed by atoms with van der Waals surface area (Å²) in [6.07, 6.45) is 3.77. The number of imidazole rings is 1. The van der Waals surface area contributed by atoms with Crippen molar-refractivity contribution in [2.75, 3.05) is 24.3 Å². The fourth-order valence-electron chi connectivity index (χ4n) is 1.73. The van der Waals surface area contributed by atoms with Crippen molar-refractivity contribution in [1.82, 2.24) is 14.9 Å². The van der Waals surface area contributed by atoms with Crippen molar-refractivity contribution in [2.24, 2.45) is 4.99 Å². The second kappa shape index (κ2) is 8.08. The van der Waals surface area contributed by atoms with Crippen LogP contribution in [0.4, 0.5) is 0 Å². The monoisotopic (exact) mass is 347 g/mol. The van der Waals surface area contributed by atoms with Crippen molar-refractivity contribution in [3.63, 3.8) is 0 Å². The lowest BCUT2D eigenvalue weighted by atomic mass is 10.5. The molecule has 0 aromatic carbocycles. The van der Waals surface area contributed by atoms with Gasteiger partial charge in [0.15, 0.2) is 21.7 Å². The molecular formula is C11H14ClN5S3. The number of nitrogens with zero attached hydrogens (tertiary/aromatic N) is 4. The van der Waals surface area contributed by atoms with E-state index in [2.05, 4.69) is 19.9 Å². The molecule has 1 aliphatic heterocycles. The highest BCUT2D eigenvalue weighted by molar-refractivity contribution is 8.13. The Morgan fingerprint density at radius 1 is 1.70 bits per heavy atom. The smallest absolute Gasteiger partial charge is 0.183 e. The van der Waals surface area contributed by atoms with Gasteiger partial charge in [0.1, 0.15) is 0 Å². The number of nitriles is 1. The van der Waals surface area contributed by atoms with E-state index in [-0.39, 0.29) is 0 Å². The first kappa shape index (κ1) is 15.9. The summed E-state index contributed by atoms with van der Waals surface area (Å²) in [6.45, 7) is 1.68. The van der Waals surface area contributed by atoms with Gasteiger partial charge in [0.2, 0.25) is 0 Å². The van der Waals surface area contributed by atoms with E-state index in [1.165, 1.54) is 11.8 Å². The van der Waals surface area contributed by atoms with Crippen molar-refractivity contribution in [1.29, 1.82) is 5.26 Å². The molecule has 0 saturated carbocycles. The predicted molar refractivity (Wildman–Crippen MR) is 88.7 cm³/mol. The average molecular weight is 348 g/mol. The van der Waals surface area contributed by atoms with Crippen LogP contribution in [0.1, 0.15) is 5.69 Å². The molecule has 0 radical (unpaired) electrons. The van der Waals surface area contributed by atoms with Gasteiger partial charge in [0, 0.05) is 23.8 Å². The Morgan fingerprint density at radius 3 is 3.30 bits per heavy atom. The minimum Gasteiger partial charge on any atom is -0.320 e. The first-order chi connectivity index (χ1) is 9.76. The molecule has 1 N–H and O–H groups in total. The third-order valence-corrected chi connectivity index (χ3v) is 5.45. The molecule has 0 saturated heterocycles. The van der Waals surface area contributed by atoms with Gasteiger partial charge in [-0.1, -0.05) is 35.1 Å². The van der Waals surface area contributed by atoms with Crippen molar-refractivity contribution in [3.8, 4) is 6.19 Å². The summed E-state index contributed by atoms with van der Waals surface area (Å²) in [7, 11) is 0. The van der Waals surface area contributed by atoms with E-state index >= 15 is 0 Å². The molecule has 1 aromatic heterocycles. The maximum Gasteiger partial charge on any atom is 0.183 e. The second-order valence-corrected chi connectivity index (χ2v) is 7.13. The molecule has 5 nitrogen and oxygen atoms in total. The van der Waals surface area contributed by atoms with Crippen LogP contribution < -0.4 is 5.32 Å². The first-order valence-electron chi connectivity index (χ1n) is 5.95. The summed E-state index contributed by atoms with van der Waals surface area (Å²) in [5.74, 6) is 2.82. The van der Waals surface area contributed by atoms with E-state index in [0.717, 1.165) is 34.7 Å². The number of fused-ring (bicyclic) bond motifs is 1. The van der Waals surface area contributed by atoms with Crippen LogP contribution in [-0.2, 0) is 12.3 Å². The highest BCUT2D eigenvalue weighted by atomic mass is 35.5. The van der Waals surface area contributed by atoms with Crippen LogP contribution in [0.15, 0.2) is 10.1 Å². The minimum absolute atomic E-state index is 0.624. The lowest BCUT2D eigenvalue weighted by molar-refractivity contribution is 0.695. The Bertz CT molecular complexity index is 537. The van der Waals surface area contributed by atoms with Gasteiger partial charge in [-0.15, -0.1) is 0 Å².